The smallest absolute Gasteiger partial charge is 0.369 e. The van der Waals surface area contributed by atoms with Crippen LogP contribution >= 0.6 is 11.6 Å². The summed E-state index contributed by atoms with van der Waals surface area (Å²) in [5.41, 5.74) is 0.528. The summed E-state index contributed by atoms with van der Waals surface area (Å²) in [5, 5.41) is 3.54. The summed E-state index contributed by atoms with van der Waals surface area (Å²) in [4.78, 5) is 5.69. The molecule has 134 valence electrons. The minimum absolute atomic E-state index is 0.107. The van der Waals surface area contributed by atoms with Crippen LogP contribution < -0.4 is 10.2 Å². The molecule has 1 aromatic heterocycles. The number of halogens is 5. The van der Waals surface area contributed by atoms with E-state index in [1.807, 2.05) is 0 Å². The molecule has 2 aromatic rings. The van der Waals surface area contributed by atoms with Gasteiger partial charge in [-0.15, -0.1) is 0 Å². The second-order valence-electron chi connectivity index (χ2n) is 5.96. The zero-order chi connectivity index (χ0) is 18.0. The number of hydrogen-bond donors (Lipinski definition) is 1. The number of rotatable bonds is 4. The number of anilines is 1. The van der Waals surface area contributed by atoms with Gasteiger partial charge in [-0.3, -0.25) is 0 Å². The minimum atomic E-state index is -4.39. The van der Waals surface area contributed by atoms with Gasteiger partial charge >= 0.3 is 6.18 Å². The molecule has 1 aromatic carbocycles. The lowest BCUT2D eigenvalue weighted by Gasteiger charge is -2.19. The summed E-state index contributed by atoms with van der Waals surface area (Å²) >= 11 is 6.01. The van der Waals surface area contributed by atoms with Crippen molar-refractivity contribution in [1.82, 2.24) is 10.3 Å². The average molecular weight is 374 g/mol. The molecule has 1 fully saturated rings. The Hall–Kier alpha value is -1.86. The summed E-state index contributed by atoms with van der Waals surface area (Å²) in [6.07, 6.45) is -2.09. The van der Waals surface area contributed by atoms with E-state index in [-0.39, 0.29) is 12.6 Å². The molecule has 1 atom stereocenters. The molecule has 0 spiro atoms. The highest BCUT2D eigenvalue weighted by Gasteiger charge is 2.31. The Balaban J connectivity index is 1.60. The van der Waals surface area contributed by atoms with Crippen LogP contribution in [0.3, 0.4) is 0 Å². The molecule has 0 amide bonds. The van der Waals surface area contributed by atoms with E-state index in [4.69, 9.17) is 11.6 Å². The van der Waals surface area contributed by atoms with E-state index in [9.17, 15) is 17.6 Å². The number of pyridine rings is 1. The lowest BCUT2D eigenvalue weighted by atomic mass is 10.1. The van der Waals surface area contributed by atoms with Crippen molar-refractivity contribution < 1.29 is 17.6 Å². The van der Waals surface area contributed by atoms with Crippen molar-refractivity contribution in [1.29, 1.82) is 0 Å². The van der Waals surface area contributed by atoms with Crippen molar-refractivity contribution in [2.24, 2.45) is 0 Å². The Labute approximate surface area is 147 Å². The first-order valence-corrected chi connectivity index (χ1v) is 8.16. The Morgan fingerprint density at radius 1 is 1.24 bits per heavy atom. The number of benzene rings is 1. The maximum Gasteiger partial charge on any atom is 0.416 e. The topological polar surface area (TPSA) is 28.2 Å². The lowest BCUT2D eigenvalue weighted by molar-refractivity contribution is -0.137. The van der Waals surface area contributed by atoms with Crippen molar-refractivity contribution in [2.75, 3.05) is 18.0 Å². The lowest BCUT2D eigenvalue weighted by Crippen LogP contribution is -2.32. The highest BCUT2D eigenvalue weighted by Crippen LogP contribution is 2.32. The van der Waals surface area contributed by atoms with Gasteiger partial charge in [0.15, 0.2) is 0 Å². The third kappa shape index (κ3) is 4.41. The molecule has 0 radical (unpaired) electrons. The van der Waals surface area contributed by atoms with Crippen LogP contribution in [0.15, 0.2) is 36.5 Å². The molecule has 3 nitrogen and oxygen atoms in total. The van der Waals surface area contributed by atoms with Crippen LogP contribution in [0.2, 0.25) is 5.02 Å². The zero-order valence-electron chi connectivity index (χ0n) is 13.2. The summed E-state index contributed by atoms with van der Waals surface area (Å²) < 4.78 is 51.3. The van der Waals surface area contributed by atoms with Crippen molar-refractivity contribution in [3.8, 4) is 0 Å². The highest BCUT2D eigenvalue weighted by molar-refractivity contribution is 6.31. The summed E-state index contributed by atoms with van der Waals surface area (Å²) in [6.45, 7) is 1.69. The van der Waals surface area contributed by atoms with E-state index in [1.54, 1.807) is 6.07 Å². The van der Waals surface area contributed by atoms with Crippen LogP contribution in [-0.2, 0) is 12.7 Å². The van der Waals surface area contributed by atoms with Crippen molar-refractivity contribution in [3.05, 3.63) is 58.6 Å². The van der Waals surface area contributed by atoms with Crippen LogP contribution in [-0.4, -0.2) is 24.1 Å². The molecule has 8 heteroatoms. The predicted octanol–water partition coefficient (Wildman–Crippen LogP) is 4.26. The maximum atomic E-state index is 12.9. The first kappa shape index (κ1) is 17.9. The number of aromatic nitrogens is 1. The molecule has 0 unspecified atom stereocenters. The largest absolute Gasteiger partial charge is 0.416 e. The van der Waals surface area contributed by atoms with E-state index in [1.165, 1.54) is 18.3 Å². The van der Waals surface area contributed by atoms with E-state index >= 15 is 0 Å². The molecule has 2 heterocycles. The van der Waals surface area contributed by atoms with Gasteiger partial charge in [-0.25, -0.2) is 4.98 Å². The molecular weight excluding hydrogens is 358 g/mol. The maximum absolute atomic E-state index is 12.9. The Kier molecular flexibility index (Phi) is 5.15. The molecule has 0 saturated carbocycles. The first-order valence-electron chi connectivity index (χ1n) is 7.78. The molecule has 1 aliphatic heterocycles. The Bertz CT molecular complexity index is 734. The highest BCUT2D eigenvalue weighted by atomic mass is 35.5. The Morgan fingerprint density at radius 2 is 2.04 bits per heavy atom. The van der Waals surface area contributed by atoms with Gasteiger partial charge < -0.3 is 10.2 Å². The van der Waals surface area contributed by atoms with E-state index in [2.05, 4.69) is 15.2 Å². The van der Waals surface area contributed by atoms with Gasteiger partial charge in [0.1, 0.15) is 0 Å². The van der Waals surface area contributed by atoms with Crippen LogP contribution in [0, 0.1) is 5.95 Å². The average Bonchev–Trinajstić information content (AvgIpc) is 3.02. The standard InChI is InChI=1S/C17H16ClF4N3/c18-15-3-1-12(17(20,21)22)7-11(15)8-23-13-5-6-25(10-13)14-2-4-16(19)24-9-14/h1-4,7,9,13,23H,5-6,8,10H2/t13-/m0/s1. The second kappa shape index (κ2) is 7.17. The fraction of sp³-hybridized carbons (Fsp3) is 0.353. The van der Waals surface area contributed by atoms with Gasteiger partial charge in [0.2, 0.25) is 5.95 Å². The molecule has 1 N–H and O–H groups in total. The minimum Gasteiger partial charge on any atom is -0.369 e. The number of nitrogens with one attached hydrogen (secondary N) is 1. The van der Waals surface area contributed by atoms with Gasteiger partial charge in [-0.1, -0.05) is 11.6 Å². The SMILES string of the molecule is Fc1ccc(N2CC[C@H](NCc3cc(C(F)(F)F)ccc3Cl)C2)cn1. The Morgan fingerprint density at radius 3 is 2.72 bits per heavy atom. The first-order chi connectivity index (χ1) is 11.8. The molecular formula is C17H16ClF4N3. The molecule has 1 aliphatic rings. The van der Waals surface area contributed by atoms with Crippen LogP contribution in [0.1, 0.15) is 17.5 Å². The van der Waals surface area contributed by atoms with Crippen LogP contribution in [0.4, 0.5) is 23.2 Å². The number of nitrogens with zero attached hydrogens (tertiary/aromatic N) is 2. The zero-order valence-corrected chi connectivity index (χ0v) is 13.9. The van der Waals surface area contributed by atoms with Crippen molar-refractivity contribution in [3.63, 3.8) is 0 Å². The third-order valence-electron chi connectivity index (χ3n) is 4.22. The van der Waals surface area contributed by atoms with Gasteiger partial charge in [-0.2, -0.15) is 17.6 Å². The van der Waals surface area contributed by atoms with Crippen molar-refractivity contribution >= 4 is 17.3 Å². The fourth-order valence-electron chi connectivity index (χ4n) is 2.86. The van der Waals surface area contributed by atoms with Gasteiger partial charge in [0.25, 0.3) is 0 Å². The monoisotopic (exact) mass is 373 g/mol. The fourth-order valence-corrected chi connectivity index (χ4v) is 3.04. The van der Waals surface area contributed by atoms with E-state index in [0.717, 1.165) is 30.8 Å². The predicted molar refractivity (Wildman–Crippen MR) is 88.1 cm³/mol. The van der Waals surface area contributed by atoms with Crippen molar-refractivity contribution in [2.45, 2.75) is 25.2 Å². The molecule has 1 saturated heterocycles. The number of alkyl halides is 3. The normalized spacial score (nSPS) is 18.0. The van der Waals surface area contributed by atoms with Gasteiger partial charge in [-0.05, 0) is 42.3 Å². The van der Waals surface area contributed by atoms with Gasteiger partial charge in [0, 0.05) is 30.7 Å². The molecule has 3 rings (SSSR count). The summed E-state index contributed by atoms with van der Waals surface area (Å²) in [5.74, 6) is -0.531. The number of hydrogen-bond acceptors (Lipinski definition) is 3. The van der Waals surface area contributed by atoms with Crippen LogP contribution in [0.5, 0.6) is 0 Å². The van der Waals surface area contributed by atoms with Gasteiger partial charge in [0.05, 0.1) is 17.4 Å². The molecule has 0 bridgehead atoms. The second-order valence-corrected chi connectivity index (χ2v) is 6.36. The summed E-state index contributed by atoms with van der Waals surface area (Å²) in [7, 11) is 0. The molecule has 0 aliphatic carbocycles. The quantitative estimate of drug-likeness (QED) is 0.641. The summed E-state index contributed by atoms with van der Waals surface area (Å²) in [6, 6.07) is 6.39. The van der Waals surface area contributed by atoms with E-state index in [0.29, 0.717) is 17.1 Å². The molecule has 25 heavy (non-hydrogen) atoms. The van der Waals surface area contributed by atoms with Crippen LogP contribution in [0.25, 0.3) is 0 Å². The third-order valence-corrected chi connectivity index (χ3v) is 4.59. The van der Waals surface area contributed by atoms with E-state index < -0.39 is 17.7 Å².